The molecule has 3 nitrogen and oxygen atoms in total. The molecule has 0 radical (unpaired) electrons. The second-order valence-electron chi connectivity index (χ2n) is 8.87. The number of ether oxygens (including phenoxy) is 1. The highest BCUT2D eigenvalue weighted by atomic mass is 16.5. The van der Waals surface area contributed by atoms with Gasteiger partial charge in [0.1, 0.15) is 11.9 Å². The fraction of sp³-hybridized carbons (Fsp3) is 0.133. The fourth-order valence-corrected chi connectivity index (χ4v) is 4.86. The number of allylic oxidation sites excluding steroid dienone is 5. The molecule has 3 aromatic carbocycles. The molecule has 1 atom stereocenters. The van der Waals surface area contributed by atoms with Crippen molar-refractivity contribution in [2.45, 2.75) is 26.9 Å². The van der Waals surface area contributed by atoms with E-state index in [1.54, 1.807) is 0 Å². The van der Waals surface area contributed by atoms with E-state index >= 15 is 0 Å². The van der Waals surface area contributed by atoms with E-state index in [2.05, 4.69) is 115 Å². The first kappa shape index (κ1) is 19.7. The molecule has 0 spiro atoms. The van der Waals surface area contributed by atoms with E-state index in [9.17, 15) is 0 Å². The second-order valence-corrected chi connectivity index (χ2v) is 8.87. The Bertz CT molecular complexity index is 1530. The fourth-order valence-electron chi connectivity index (χ4n) is 4.86. The maximum absolute atomic E-state index is 6.51. The lowest BCUT2D eigenvalue weighted by Crippen LogP contribution is -2.26. The first-order valence-corrected chi connectivity index (χ1v) is 11.4. The quantitative estimate of drug-likeness (QED) is 0.355. The van der Waals surface area contributed by atoms with Crippen LogP contribution in [0.15, 0.2) is 102 Å². The number of fused-ring (bicyclic) bond motifs is 5. The Balaban J connectivity index is 1.61. The average Bonchev–Trinajstić information content (AvgIpc) is 3.10. The monoisotopic (exact) mass is 430 g/mol. The lowest BCUT2D eigenvalue weighted by molar-refractivity contribution is 0.424. The van der Waals surface area contributed by atoms with Crippen LogP contribution in [0.5, 0.6) is 5.75 Å². The number of dihydropyridines is 1. The zero-order valence-corrected chi connectivity index (χ0v) is 19.1. The van der Waals surface area contributed by atoms with Crippen LogP contribution in [0.1, 0.15) is 38.1 Å². The van der Waals surface area contributed by atoms with Gasteiger partial charge in [-0.05, 0) is 55.7 Å². The minimum atomic E-state index is -0.0414. The molecule has 3 heterocycles. The van der Waals surface area contributed by atoms with Crippen LogP contribution in [0.4, 0.5) is 0 Å². The highest BCUT2D eigenvalue weighted by molar-refractivity contribution is 6.11. The SMILES string of the molecule is CC1=CC(n2c3ccccc3c3ccc4c(c32)OC(C)=C(C)C=C4)NC(c2ccccc2)=C1. The number of para-hydroxylation sites is 1. The molecular weight excluding hydrogens is 404 g/mol. The average molecular weight is 431 g/mol. The number of aromatic nitrogens is 1. The highest BCUT2D eigenvalue weighted by Gasteiger charge is 2.24. The molecule has 0 fully saturated rings. The minimum absolute atomic E-state index is 0.0414. The van der Waals surface area contributed by atoms with Crippen LogP contribution in [0.3, 0.4) is 0 Å². The van der Waals surface area contributed by atoms with E-state index < -0.39 is 0 Å². The molecular formula is C30H26N2O. The normalized spacial score (nSPS) is 17.8. The van der Waals surface area contributed by atoms with Crippen molar-refractivity contribution in [2.75, 3.05) is 0 Å². The van der Waals surface area contributed by atoms with Gasteiger partial charge in [0.05, 0.1) is 11.0 Å². The molecule has 1 aromatic heterocycles. The third-order valence-corrected chi connectivity index (χ3v) is 6.64. The summed E-state index contributed by atoms with van der Waals surface area (Å²) in [4.78, 5) is 0. The van der Waals surface area contributed by atoms with E-state index in [1.807, 2.05) is 6.92 Å². The Morgan fingerprint density at radius 3 is 2.45 bits per heavy atom. The van der Waals surface area contributed by atoms with Crippen LogP contribution in [-0.2, 0) is 0 Å². The predicted octanol–water partition coefficient (Wildman–Crippen LogP) is 7.58. The van der Waals surface area contributed by atoms with Crippen molar-refractivity contribution >= 4 is 33.6 Å². The molecule has 6 rings (SSSR count). The number of hydrogen-bond donors (Lipinski definition) is 1. The van der Waals surface area contributed by atoms with Crippen molar-refractivity contribution < 1.29 is 4.74 Å². The van der Waals surface area contributed by atoms with E-state index in [1.165, 1.54) is 27.4 Å². The van der Waals surface area contributed by atoms with Gasteiger partial charge in [-0.3, -0.25) is 0 Å². The van der Waals surface area contributed by atoms with Gasteiger partial charge >= 0.3 is 0 Å². The summed E-state index contributed by atoms with van der Waals surface area (Å²) in [5.41, 5.74) is 8.08. The lowest BCUT2D eigenvalue weighted by atomic mass is 10.0. The molecule has 0 saturated carbocycles. The zero-order chi connectivity index (χ0) is 22.5. The van der Waals surface area contributed by atoms with Crippen molar-refractivity contribution in [1.29, 1.82) is 0 Å². The smallest absolute Gasteiger partial charge is 0.158 e. The van der Waals surface area contributed by atoms with Crippen LogP contribution in [-0.4, -0.2) is 4.57 Å². The molecule has 33 heavy (non-hydrogen) atoms. The molecule has 162 valence electrons. The molecule has 0 bridgehead atoms. The van der Waals surface area contributed by atoms with Crippen LogP contribution >= 0.6 is 0 Å². The predicted molar refractivity (Wildman–Crippen MR) is 138 cm³/mol. The van der Waals surface area contributed by atoms with Gasteiger partial charge in [0, 0.05) is 22.0 Å². The summed E-state index contributed by atoms with van der Waals surface area (Å²) < 4.78 is 8.91. The van der Waals surface area contributed by atoms with Crippen LogP contribution in [0, 0.1) is 0 Å². The zero-order valence-electron chi connectivity index (χ0n) is 19.1. The van der Waals surface area contributed by atoms with Crippen molar-refractivity contribution in [3.05, 3.63) is 113 Å². The third kappa shape index (κ3) is 3.20. The Morgan fingerprint density at radius 2 is 1.61 bits per heavy atom. The van der Waals surface area contributed by atoms with Crippen molar-refractivity contribution in [1.82, 2.24) is 9.88 Å². The van der Waals surface area contributed by atoms with E-state index in [0.29, 0.717) is 0 Å². The molecule has 4 aromatic rings. The van der Waals surface area contributed by atoms with Crippen molar-refractivity contribution in [3.8, 4) is 5.75 Å². The van der Waals surface area contributed by atoms with Gasteiger partial charge < -0.3 is 14.6 Å². The molecule has 1 N–H and O–H groups in total. The summed E-state index contributed by atoms with van der Waals surface area (Å²) >= 11 is 0. The number of nitrogens with zero attached hydrogens (tertiary/aromatic N) is 1. The van der Waals surface area contributed by atoms with Crippen LogP contribution in [0.2, 0.25) is 0 Å². The maximum Gasteiger partial charge on any atom is 0.158 e. The molecule has 0 saturated heterocycles. The van der Waals surface area contributed by atoms with Gasteiger partial charge in [0.15, 0.2) is 5.75 Å². The first-order chi connectivity index (χ1) is 16.1. The van der Waals surface area contributed by atoms with Crippen molar-refractivity contribution in [3.63, 3.8) is 0 Å². The van der Waals surface area contributed by atoms with Gasteiger partial charge in [0.25, 0.3) is 0 Å². The molecule has 3 heteroatoms. The molecule has 2 aliphatic heterocycles. The number of hydrogen-bond acceptors (Lipinski definition) is 2. The molecule has 0 aliphatic carbocycles. The van der Waals surface area contributed by atoms with E-state index in [4.69, 9.17) is 4.74 Å². The Hall–Kier alpha value is -3.98. The van der Waals surface area contributed by atoms with Gasteiger partial charge in [-0.15, -0.1) is 0 Å². The van der Waals surface area contributed by atoms with Crippen LogP contribution < -0.4 is 10.1 Å². The number of nitrogens with one attached hydrogen (secondary N) is 1. The molecule has 2 aliphatic rings. The lowest BCUT2D eigenvalue weighted by Gasteiger charge is -2.27. The van der Waals surface area contributed by atoms with Crippen LogP contribution in [0.25, 0.3) is 33.6 Å². The molecule has 1 unspecified atom stereocenters. The third-order valence-electron chi connectivity index (χ3n) is 6.64. The van der Waals surface area contributed by atoms with Crippen molar-refractivity contribution in [2.24, 2.45) is 0 Å². The van der Waals surface area contributed by atoms with E-state index in [-0.39, 0.29) is 6.17 Å². The first-order valence-electron chi connectivity index (χ1n) is 11.4. The Labute approximate surface area is 194 Å². The van der Waals surface area contributed by atoms with E-state index in [0.717, 1.165) is 33.9 Å². The topological polar surface area (TPSA) is 26.2 Å². The maximum atomic E-state index is 6.51. The standard InChI is InChI=1S/C30H26N2O/c1-19-17-26(22-9-5-4-6-10-22)31-28(18-19)32-27-12-8-7-11-24(27)25-16-15-23-14-13-20(2)21(3)33-30(23)29(25)32/h4-18,28,31H,1-3H3. The summed E-state index contributed by atoms with van der Waals surface area (Å²) in [5.74, 6) is 1.85. The van der Waals surface area contributed by atoms with Gasteiger partial charge in [-0.25, -0.2) is 0 Å². The van der Waals surface area contributed by atoms with Gasteiger partial charge in [0.2, 0.25) is 0 Å². The minimum Gasteiger partial charge on any atom is -0.459 e. The second kappa shape index (κ2) is 7.56. The summed E-state index contributed by atoms with van der Waals surface area (Å²) in [5, 5.41) is 6.22. The Morgan fingerprint density at radius 1 is 0.818 bits per heavy atom. The number of rotatable bonds is 2. The number of benzene rings is 3. The Kier molecular flexibility index (Phi) is 4.51. The summed E-state index contributed by atoms with van der Waals surface area (Å²) in [6.45, 7) is 6.30. The summed E-state index contributed by atoms with van der Waals surface area (Å²) in [6, 6.07) is 23.5. The molecule has 0 amide bonds. The van der Waals surface area contributed by atoms with Gasteiger partial charge in [-0.2, -0.15) is 0 Å². The van der Waals surface area contributed by atoms with Gasteiger partial charge in [-0.1, -0.05) is 72.8 Å². The summed E-state index contributed by atoms with van der Waals surface area (Å²) in [7, 11) is 0. The summed E-state index contributed by atoms with van der Waals surface area (Å²) in [6.07, 6.45) is 8.76. The largest absolute Gasteiger partial charge is 0.459 e. The highest BCUT2D eigenvalue weighted by Crippen LogP contribution is 2.42.